The Morgan fingerprint density at radius 1 is 1.15 bits per heavy atom. The van der Waals surface area contributed by atoms with Crippen LogP contribution in [0.15, 0.2) is 18.3 Å². The third-order valence-corrected chi connectivity index (χ3v) is 5.63. The molecule has 2 fully saturated rings. The molecule has 0 saturated carbocycles. The highest BCUT2D eigenvalue weighted by Crippen LogP contribution is 2.36. The fourth-order valence-corrected chi connectivity index (χ4v) is 4.27. The van der Waals surface area contributed by atoms with Crippen LogP contribution in [0.2, 0.25) is 0 Å². The molecule has 2 saturated heterocycles. The summed E-state index contributed by atoms with van der Waals surface area (Å²) in [5.74, 6) is 2.14. The smallest absolute Gasteiger partial charge is 0.222 e. The largest absolute Gasteiger partial charge is 0.493 e. The summed E-state index contributed by atoms with van der Waals surface area (Å²) in [5, 5.41) is 9.49. The van der Waals surface area contributed by atoms with Crippen molar-refractivity contribution in [2.45, 2.75) is 25.7 Å². The molecule has 7 nitrogen and oxygen atoms in total. The highest BCUT2D eigenvalue weighted by Gasteiger charge is 2.27. The zero-order chi connectivity index (χ0) is 18.8. The van der Waals surface area contributed by atoms with Gasteiger partial charge in [0.15, 0.2) is 11.5 Å². The summed E-state index contributed by atoms with van der Waals surface area (Å²) in [6, 6.07) is 3.85. The average Bonchev–Trinajstić information content (AvgIpc) is 3.11. The van der Waals surface area contributed by atoms with Gasteiger partial charge in [0.25, 0.3) is 0 Å². The number of ether oxygens (including phenoxy) is 2. The van der Waals surface area contributed by atoms with Gasteiger partial charge in [0.2, 0.25) is 5.91 Å². The zero-order valence-corrected chi connectivity index (χ0v) is 16.0. The number of fused-ring (bicyclic) bond motifs is 1. The normalized spacial score (nSPS) is 20.4. The summed E-state index contributed by atoms with van der Waals surface area (Å²) in [6.45, 7) is 3.69. The second kappa shape index (κ2) is 7.58. The van der Waals surface area contributed by atoms with E-state index in [-0.39, 0.29) is 0 Å². The molecule has 1 amide bonds. The van der Waals surface area contributed by atoms with Crippen LogP contribution in [0.3, 0.4) is 0 Å². The number of likely N-dealkylation sites (tertiary alicyclic amines) is 1. The number of benzene rings is 1. The van der Waals surface area contributed by atoms with Gasteiger partial charge in [0.05, 0.1) is 31.6 Å². The number of carbonyl (C=O) groups excluding carboxylic acids is 1. The molecule has 4 rings (SSSR count). The number of anilines is 1. The van der Waals surface area contributed by atoms with Crippen molar-refractivity contribution in [2.24, 2.45) is 5.92 Å². The van der Waals surface area contributed by atoms with Crippen LogP contribution < -0.4 is 14.4 Å². The van der Waals surface area contributed by atoms with E-state index in [1.165, 1.54) is 0 Å². The predicted octanol–water partition coefficient (Wildman–Crippen LogP) is 2.49. The number of piperidine rings is 1. The van der Waals surface area contributed by atoms with E-state index in [0.717, 1.165) is 62.0 Å². The number of rotatable bonds is 5. The van der Waals surface area contributed by atoms with Gasteiger partial charge in [-0.1, -0.05) is 0 Å². The van der Waals surface area contributed by atoms with Crippen LogP contribution >= 0.6 is 0 Å². The molecule has 0 radical (unpaired) electrons. The molecule has 7 heteroatoms. The molecule has 0 N–H and O–H groups in total. The summed E-state index contributed by atoms with van der Waals surface area (Å²) >= 11 is 0. The Kier molecular flexibility index (Phi) is 5.01. The molecule has 2 aliphatic rings. The van der Waals surface area contributed by atoms with Gasteiger partial charge in [-0.25, -0.2) is 0 Å². The lowest BCUT2D eigenvalue weighted by Gasteiger charge is -2.36. The van der Waals surface area contributed by atoms with Crippen LogP contribution in [0.4, 0.5) is 5.69 Å². The average molecular weight is 370 g/mol. The van der Waals surface area contributed by atoms with Crippen molar-refractivity contribution >= 4 is 22.5 Å². The topological polar surface area (TPSA) is 67.8 Å². The number of hydrogen-bond donors (Lipinski definition) is 0. The van der Waals surface area contributed by atoms with Crippen molar-refractivity contribution in [3.8, 4) is 11.5 Å². The minimum Gasteiger partial charge on any atom is -0.493 e. The van der Waals surface area contributed by atoms with E-state index in [0.29, 0.717) is 29.7 Å². The Morgan fingerprint density at radius 3 is 2.70 bits per heavy atom. The molecule has 1 unspecified atom stereocenters. The van der Waals surface area contributed by atoms with Crippen molar-refractivity contribution in [3.05, 3.63) is 18.3 Å². The van der Waals surface area contributed by atoms with E-state index in [1.54, 1.807) is 14.2 Å². The van der Waals surface area contributed by atoms with Gasteiger partial charge in [0, 0.05) is 44.1 Å². The zero-order valence-electron chi connectivity index (χ0n) is 16.0. The summed E-state index contributed by atoms with van der Waals surface area (Å²) in [4.78, 5) is 16.4. The molecule has 1 aromatic heterocycles. The number of aromatic nitrogens is 2. The van der Waals surface area contributed by atoms with Crippen molar-refractivity contribution < 1.29 is 14.3 Å². The highest BCUT2D eigenvalue weighted by molar-refractivity contribution is 5.93. The first-order valence-electron chi connectivity index (χ1n) is 9.59. The van der Waals surface area contributed by atoms with E-state index in [1.807, 2.05) is 23.2 Å². The van der Waals surface area contributed by atoms with Gasteiger partial charge in [0.1, 0.15) is 0 Å². The van der Waals surface area contributed by atoms with E-state index in [4.69, 9.17) is 9.47 Å². The second-order valence-corrected chi connectivity index (χ2v) is 7.35. The number of methoxy groups -OCH3 is 2. The molecule has 1 aromatic carbocycles. The van der Waals surface area contributed by atoms with Gasteiger partial charge in [-0.05, 0) is 31.2 Å². The van der Waals surface area contributed by atoms with Crippen LogP contribution in [-0.2, 0) is 4.79 Å². The summed E-state index contributed by atoms with van der Waals surface area (Å²) in [5.41, 5.74) is 1.86. The van der Waals surface area contributed by atoms with Gasteiger partial charge >= 0.3 is 0 Å². The molecular formula is C20H26N4O3. The van der Waals surface area contributed by atoms with Gasteiger partial charge in [-0.3, -0.25) is 4.79 Å². The molecule has 0 aliphatic carbocycles. The maximum atomic E-state index is 12.0. The van der Waals surface area contributed by atoms with Gasteiger partial charge < -0.3 is 19.3 Å². The Balaban J connectivity index is 1.60. The quantitative estimate of drug-likeness (QED) is 0.806. The maximum absolute atomic E-state index is 12.0. The van der Waals surface area contributed by atoms with Crippen LogP contribution in [0.25, 0.3) is 10.9 Å². The Labute approximate surface area is 159 Å². The predicted molar refractivity (Wildman–Crippen MR) is 103 cm³/mol. The molecule has 2 aromatic rings. The van der Waals surface area contributed by atoms with Crippen LogP contribution in [-0.4, -0.2) is 61.4 Å². The Hall–Kier alpha value is -2.57. The molecular weight excluding hydrogens is 344 g/mol. The minimum absolute atomic E-state index is 0.306. The number of nitrogens with zero attached hydrogens (tertiary/aromatic N) is 4. The Morgan fingerprint density at radius 2 is 1.96 bits per heavy atom. The molecule has 144 valence electrons. The van der Waals surface area contributed by atoms with Crippen LogP contribution in [0.5, 0.6) is 11.5 Å². The number of carbonyl (C=O) groups is 1. The first kappa shape index (κ1) is 17.8. The third kappa shape index (κ3) is 3.50. The molecule has 0 bridgehead atoms. The number of hydrogen-bond acceptors (Lipinski definition) is 6. The van der Waals surface area contributed by atoms with Crippen molar-refractivity contribution in [3.63, 3.8) is 0 Å². The minimum atomic E-state index is 0.306. The first-order valence-corrected chi connectivity index (χ1v) is 9.59. The summed E-state index contributed by atoms with van der Waals surface area (Å²) in [6.07, 6.45) is 5.81. The lowest BCUT2D eigenvalue weighted by molar-refractivity contribution is -0.128. The summed E-state index contributed by atoms with van der Waals surface area (Å²) < 4.78 is 10.9. The fourth-order valence-electron chi connectivity index (χ4n) is 4.27. The standard InChI is InChI=1S/C20H26N4O3/c1-26-18-9-15-16(10-19(18)27-2)22-21-11-17(15)23-7-3-5-14(12-23)13-24-8-4-6-20(24)25/h9-11,14H,3-8,12-13H2,1-2H3. The van der Waals surface area contributed by atoms with Gasteiger partial charge in [-0.15, -0.1) is 0 Å². The van der Waals surface area contributed by atoms with Crippen LogP contribution in [0.1, 0.15) is 25.7 Å². The first-order chi connectivity index (χ1) is 13.2. The molecule has 2 aliphatic heterocycles. The maximum Gasteiger partial charge on any atom is 0.222 e. The number of amides is 1. The van der Waals surface area contributed by atoms with Gasteiger partial charge in [-0.2, -0.15) is 10.2 Å². The van der Waals surface area contributed by atoms with Crippen molar-refractivity contribution in [1.82, 2.24) is 15.1 Å². The van der Waals surface area contributed by atoms with E-state index >= 15 is 0 Å². The third-order valence-electron chi connectivity index (χ3n) is 5.63. The monoisotopic (exact) mass is 370 g/mol. The second-order valence-electron chi connectivity index (χ2n) is 7.35. The molecule has 0 spiro atoms. The highest BCUT2D eigenvalue weighted by atomic mass is 16.5. The SMILES string of the molecule is COc1cc2nncc(N3CCCC(CN4CCCC4=O)C3)c2cc1OC. The lowest BCUT2D eigenvalue weighted by Crippen LogP contribution is -2.41. The van der Waals surface area contributed by atoms with E-state index in [9.17, 15) is 4.79 Å². The van der Waals surface area contributed by atoms with E-state index < -0.39 is 0 Å². The molecule has 27 heavy (non-hydrogen) atoms. The van der Waals surface area contributed by atoms with Crippen molar-refractivity contribution in [2.75, 3.05) is 45.3 Å². The summed E-state index contributed by atoms with van der Waals surface area (Å²) in [7, 11) is 3.26. The van der Waals surface area contributed by atoms with Crippen LogP contribution in [0, 0.1) is 5.92 Å². The molecule has 3 heterocycles. The van der Waals surface area contributed by atoms with E-state index in [2.05, 4.69) is 15.1 Å². The van der Waals surface area contributed by atoms with Crippen molar-refractivity contribution in [1.29, 1.82) is 0 Å². The lowest BCUT2D eigenvalue weighted by atomic mass is 9.96. The Bertz CT molecular complexity index is 841. The molecule has 1 atom stereocenters. The fraction of sp³-hybridized carbons (Fsp3) is 0.550.